The summed E-state index contributed by atoms with van der Waals surface area (Å²) in [5, 5.41) is 33.9. The van der Waals surface area contributed by atoms with E-state index in [9.17, 15) is 43.5 Å². The molecule has 0 radical (unpaired) electrons. The molecule has 0 bridgehead atoms. The van der Waals surface area contributed by atoms with Crippen molar-refractivity contribution in [2.45, 2.75) is 160 Å². The van der Waals surface area contributed by atoms with Crippen LogP contribution in [0.25, 0.3) is 0 Å². The highest BCUT2D eigenvalue weighted by atomic mass is 16.6. The van der Waals surface area contributed by atoms with Gasteiger partial charge in [-0.2, -0.15) is 0 Å². The molecule has 0 saturated carbocycles. The fraction of sp³-hybridized carbons (Fsp3) is 0.467. The Morgan fingerprint density at radius 2 is 1.10 bits per heavy atom. The summed E-state index contributed by atoms with van der Waals surface area (Å²) in [5.41, 5.74) is 0.413. The normalized spacial score (nSPS) is 14.7. The molecule has 1 aliphatic heterocycles. The van der Waals surface area contributed by atoms with Gasteiger partial charge in [-0.25, -0.2) is 4.79 Å². The Labute approximate surface area is 463 Å². The van der Waals surface area contributed by atoms with E-state index in [0.717, 1.165) is 43.2 Å². The number of unbranched alkanes of at least 4 members (excludes halogenated alkanes) is 6. The van der Waals surface area contributed by atoms with Crippen molar-refractivity contribution in [3.8, 4) is 5.75 Å². The number of anilines is 1. The Bertz CT molecular complexity index is 2610. The summed E-state index contributed by atoms with van der Waals surface area (Å²) in [4.78, 5) is 105. The lowest BCUT2D eigenvalue weighted by Crippen LogP contribution is -2.57. The number of hydrogen-bond donors (Lipinski definition) is 9. The van der Waals surface area contributed by atoms with Gasteiger partial charge < -0.3 is 57.1 Å². The smallest absolute Gasteiger partial charge is 0.407 e. The molecule has 0 aliphatic carbocycles. The predicted molar refractivity (Wildman–Crippen MR) is 300 cm³/mol. The molecule has 426 valence electrons. The Kier molecular flexibility index (Phi) is 25.3. The zero-order valence-corrected chi connectivity index (χ0v) is 46.1. The van der Waals surface area contributed by atoms with Crippen LogP contribution in [0.15, 0.2) is 109 Å². The quantitative estimate of drug-likeness (QED) is 0.0240. The Hall–Kier alpha value is -7.80. The molecule has 0 saturated heterocycles. The number of para-hydroxylation sites is 1. The number of carbonyl (C=O) groups excluding carboxylic acids is 8. The zero-order valence-electron chi connectivity index (χ0n) is 46.1. The second-order valence-electron chi connectivity index (χ2n) is 20.9. The number of benzene rings is 4. The minimum absolute atomic E-state index is 0.0166. The second-order valence-corrected chi connectivity index (χ2v) is 20.9. The van der Waals surface area contributed by atoms with Gasteiger partial charge >= 0.3 is 6.09 Å². The number of rotatable bonds is 33. The van der Waals surface area contributed by atoms with Crippen LogP contribution in [0.4, 0.5) is 10.5 Å². The third-order valence-corrected chi connectivity index (χ3v) is 13.0. The van der Waals surface area contributed by atoms with Gasteiger partial charge in [0, 0.05) is 69.5 Å². The van der Waals surface area contributed by atoms with Crippen LogP contribution in [-0.2, 0) is 63.5 Å². The average molecular weight is 1090 g/mol. The van der Waals surface area contributed by atoms with Gasteiger partial charge in [0.05, 0.1) is 0 Å². The zero-order chi connectivity index (χ0) is 57.0. The maximum Gasteiger partial charge on any atom is 0.407 e. The van der Waals surface area contributed by atoms with Crippen LogP contribution in [-0.4, -0.2) is 95.9 Å². The highest BCUT2D eigenvalue weighted by molar-refractivity contribution is 6.05. The highest BCUT2D eigenvalue weighted by Crippen LogP contribution is 2.39. The molecule has 1 aliphatic rings. The molecule has 8 amide bonds. The van der Waals surface area contributed by atoms with E-state index in [1.807, 2.05) is 81.4 Å². The van der Waals surface area contributed by atoms with E-state index in [0.29, 0.717) is 81.8 Å². The number of carbonyl (C=O) groups is 8. The summed E-state index contributed by atoms with van der Waals surface area (Å²) < 4.78 is 11.2. The SMILES string of the molecule is C[C@H](NC(=O)[C@H](Cc1ccc(OCc2ccccc2)cc1)NC(=O)CCCCCNC(=O)CCCCCNC(=O)CCCCCNC(=O)OC(C)(C)C)C(=O)N[C@@H](C[C@]1(O)C(=O)Nc2ccccc21)C(=O)NCc1ccccc1. The van der Waals surface area contributed by atoms with Crippen molar-refractivity contribution in [3.05, 3.63) is 131 Å². The topological polar surface area (TPSA) is 271 Å². The molecule has 19 nitrogen and oxygen atoms in total. The van der Waals surface area contributed by atoms with Crippen molar-refractivity contribution in [1.29, 1.82) is 0 Å². The van der Waals surface area contributed by atoms with E-state index in [-0.39, 0.29) is 42.7 Å². The third kappa shape index (κ3) is 22.6. The van der Waals surface area contributed by atoms with Gasteiger partial charge in [-0.3, -0.25) is 33.6 Å². The number of fused-ring (bicyclic) bond motifs is 1. The Morgan fingerprint density at radius 3 is 1.70 bits per heavy atom. The molecular weight excluding hydrogens is 1010 g/mol. The summed E-state index contributed by atoms with van der Waals surface area (Å²) in [6.45, 7) is 8.79. The van der Waals surface area contributed by atoms with Crippen molar-refractivity contribution in [1.82, 2.24) is 37.2 Å². The van der Waals surface area contributed by atoms with E-state index in [1.54, 1.807) is 48.5 Å². The first-order chi connectivity index (χ1) is 37.9. The number of aliphatic hydroxyl groups is 1. The Morgan fingerprint density at radius 1 is 0.557 bits per heavy atom. The maximum absolute atomic E-state index is 14.1. The van der Waals surface area contributed by atoms with Crippen LogP contribution >= 0.6 is 0 Å². The fourth-order valence-corrected chi connectivity index (χ4v) is 8.67. The first-order valence-corrected chi connectivity index (χ1v) is 27.5. The minimum atomic E-state index is -2.16. The molecule has 0 spiro atoms. The molecule has 9 N–H and O–H groups in total. The predicted octanol–water partition coefficient (Wildman–Crippen LogP) is 6.27. The molecule has 0 fully saturated rings. The molecule has 19 heteroatoms. The van der Waals surface area contributed by atoms with Gasteiger partial charge in [-0.1, -0.05) is 110 Å². The van der Waals surface area contributed by atoms with Crippen molar-refractivity contribution < 1.29 is 52.9 Å². The lowest BCUT2D eigenvalue weighted by Gasteiger charge is -2.28. The lowest BCUT2D eigenvalue weighted by atomic mass is 9.88. The number of ether oxygens (including phenoxy) is 2. The van der Waals surface area contributed by atoms with Crippen molar-refractivity contribution in [2.24, 2.45) is 0 Å². The van der Waals surface area contributed by atoms with Gasteiger partial charge in [0.1, 0.15) is 36.1 Å². The van der Waals surface area contributed by atoms with E-state index in [2.05, 4.69) is 42.5 Å². The first-order valence-electron chi connectivity index (χ1n) is 27.5. The van der Waals surface area contributed by atoms with Crippen LogP contribution in [0.3, 0.4) is 0 Å². The average Bonchev–Trinajstić information content (AvgIpc) is 3.95. The maximum atomic E-state index is 14.1. The summed E-state index contributed by atoms with van der Waals surface area (Å²) in [6, 6.07) is 28.7. The largest absolute Gasteiger partial charge is 0.489 e. The van der Waals surface area contributed by atoms with Crippen LogP contribution in [0.1, 0.15) is 133 Å². The minimum Gasteiger partial charge on any atom is -0.489 e. The van der Waals surface area contributed by atoms with Crippen molar-refractivity contribution >= 4 is 53.1 Å². The van der Waals surface area contributed by atoms with Gasteiger partial charge in [0.15, 0.2) is 5.60 Å². The Balaban J connectivity index is 1.06. The van der Waals surface area contributed by atoms with Gasteiger partial charge in [0.2, 0.25) is 35.4 Å². The van der Waals surface area contributed by atoms with Crippen LogP contribution in [0.2, 0.25) is 0 Å². The summed E-state index contributed by atoms with van der Waals surface area (Å²) in [7, 11) is 0. The molecule has 4 aromatic carbocycles. The van der Waals surface area contributed by atoms with Crippen molar-refractivity contribution in [2.75, 3.05) is 25.0 Å². The summed E-state index contributed by atoms with van der Waals surface area (Å²) in [5.74, 6) is -2.70. The highest BCUT2D eigenvalue weighted by Gasteiger charge is 2.48. The van der Waals surface area contributed by atoms with E-state index >= 15 is 0 Å². The number of hydrogen-bond acceptors (Lipinski definition) is 11. The molecule has 0 aromatic heterocycles. The third-order valence-electron chi connectivity index (χ3n) is 13.0. The van der Waals surface area contributed by atoms with E-state index in [4.69, 9.17) is 9.47 Å². The standard InChI is InChI=1S/C60H80N8O11/c1-42(54(72)67-50(55(73)64-40-44-22-10-5-11-23-44)39-60(77)47-26-17-18-27-48(47)68-57(60)75)65-56(74)49(38-43-31-33-46(34-32-43)78-41-45-24-12-6-13-25-45)66-53(71)30-16-9-20-36-62-51(69)28-14-7-19-35-61-52(70)29-15-8-21-37-63-58(76)79-59(2,3)4/h5-6,10-13,17-18,22-27,31-34,42,49-50,77H,7-9,14-16,19-21,28-30,35-41H2,1-4H3,(H,61,70)(H,62,69)(H,63,76)(H,64,73)(H,65,74)(H,66,71)(H,67,72)(H,68,75)/t42-,49-,50-,60+/m0/s1. The molecule has 79 heavy (non-hydrogen) atoms. The monoisotopic (exact) mass is 1090 g/mol. The first kappa shape index (κ1) is 62.0. The molecular formula is C60H80N8O11. The van der Waals surface area contributed by atoms with Crippen LogP contribution < -0.4 is 47.3 Å². The lowest BCUT2D eigenvalue weighted by molar-refractivity contribution is -0.139. The molecule has 0 unspecified atom stereocenters. The fourth-order valence-electron chi connectivity index (χ4n) is 8.67. The number of alkyl carbamates (subject to hydrolysis) is 1. The van der Waals surface area contributed by atoms with Crippen LogP contribution in [0, 0.1) is 0 Å². The van der Waals surface area contributed by atoms with Gasteiger partial charge in [-0.15, -0.1) is 0 Å². The number of amides is 8. The van der Waals surface area contributed by atoms with E-state index < -0.39 is 65.5 Å². The number of nitrogens with one attached hydrogen (secondary N) is 8. The van der Waals surface area contributed by atoms with Gasteiger partial charge in [-0.05, 0) is 101 Å². The second kappa shape index (κ2) is 32.2. The summed E-state index contributed by atoms with van der Waals surface area (Å²) in [6.07, 6.45) is 6.27. The van der Waals surface area contributed by atoms with Crippen molar-refractivity contribution in [3.63, 3.8) is 0 Å². The molecule has 4 atom stereocenters. The summed E-state index contributed by atoms with van der Waals surface area (Å²) >= 11 is 0. The van der Waals surface area contributed by atoms with Crippen LogP contribution in [0.5, 0.6) is 5.75 Å². The van der Waals surface area contributed by atoms with Gasteiger partial charge in [0.25, 0.3) is 5.91 Å². The molecule has 5 rings (SSSR count). The van der Waals surface area contributed by atoms with E-state index in [1.165, 1.54) is 6.92 Å². The molecule has 1 heterocycles. The molecule has 4 aromatic rings.